The van der Waals surface area contributed by atoms with Crippen LogP contribution < -0.4 is 5.32 Å². The van der Waals surface area contributed by atoms with Crippen molar-refractivity contribution in [2.24, 2.45) is 0 Å². The number of nitriles is 1. The van der Waals surface area contributed by atoms with Crippen LogP contribution in [0.1, 0.15) is 27.9 Å². The molecule has 0 unspecified atom stereocenters. The molecule has 0 saturated carbocycles. The van der Waals surface area contributed by atoms with Gasteiger partial charge in [-0.25, -0.2) is 4.98 Å². The van der Waals surface area contributed by atoms with Crippen molar-refractivity contribution in [1.82, 2.24) is 9.97 Å². The molecule has 1 aromatic carbocycles. The first-order valence-corrected chi connectivity index (χ1v) is 9.00. The number of thiophene rings is 1. The van der Waals surface area contributed by atoms with E-state index in [-0.39, 0.29) is 5.91 Å². The number of aromatic nitrogens is 2. The molecule has 26 heavy (non-hydrogen) atoms. The molecule has 0 aliphatic heterocycles. The van der Waals surface area contributed by atoms with E-state index in [9.17, 15) is 10.1 Å². The maximum absolute atomic E-state index is 12.7. The predicted molar refractivity (Wildman–Crippen MR) is 103 cm³/mol. The lowest BCUT2D eigenvalue weighted by Crippen LogP contribution is -2.11. The molecule has 4 rings (SSSR count). The van der Waals surface area contributed by atoms with Gasteiger partial charge in [-0.3, -0.25) is 9.78 Å². The zero-order valence-electron chi connectivity index (χ0n) is 14.0. The third-order valence-electron chi connectivity index (χ3n) is 4.14. The lowest BCUT2D eigenvalue weighted by atomic mass is 10.1. The molecule has 1 amide bonds. The highest BCUT2D eigenvalue weighted by atomic mass is 32.1. The van der Waals surface area contributed by atoms with Gasteiger partial charge in [-0.05, 0) is 30.7 Å². The molecule has 3 heterocycles. The Morgan fingerprint density at radius 2 is 2.12 bits per heavy atom. The van der Waals surface area contributed by atoms with Gasteiger partial charge in [0.1, 0.15) is 15.8 Å². The summed E-state index contributed by atoms with van der Waals surface area (Å²) >= 11 is 1.24. The fourth-order valence-corrected chi connectivity index (χ4v) is 3.85. The molecule has 0 aliphatic carbocycles. The molecule has 0 saturated heterocycles. The van der Waals surface area contributed by atoms with Crippen molar-refractivity contribution < 1.29 is 4.79 Å². The van der Waals surface area contributed by atoms with Crippen molar-refractivity contribution in [3.8, 4) is 6.07 Å². The van der Waals surface area contributed by atoms with E-state index < -0.39 is 0 Å². The van der Waals surface area contributed by atoms with E-state index in [4.69, 9.17) is 0 Å². The number of rotatable bonds is 3. The third-order valence-corrected chi connectivity index (χ3v) is 5.24. The Hall–Kier alpha value is -3.30. The number of pyridine rings is 2. The van der Waals surface area contributed by atoms with Crippen LogP contribution in [0.5, 0.6) is 0 Å². The number of carbonyl (C=O) groups excluding carboxylic acids is 1. The molecule has 0 radical (unpaired) electrons. The first-order valence-electron chi connectivity index (χ1n) is 8.18. The highest BCUT2D eigenvalue weighted by Crippen LogP contribution is 2.30. The van der Waals surface area contributed by atoms with E-state index in [1.807, 2.05) is 49.4 Å². The Kier molecular flexibility index (Phi) is 4.07. The maximum atomic E-state index is 12.7. The summed E-state index contributed by atoms with van der Waals surface area (Å²) in [5, 5.41) is 14.0. The van der Waals surface area contributed by atoms with Crippen LogP contribution in [0.2, 0.25) is 0 Å². The molecular formula is C20H14N4OS. The number of para-hydroxylation sites is 1. The van der Waals surface area contributed by atoms with E-state index in [1.165, 1.54) is 11.3 Å². The average Bonchev–Trinajstić information content (AvgIpc) is 3.05. The minimum atomic E-state index is -0.320. The van der Waals surface area contributed by atoms with Crippen LogP contribution in [-0.4, -0.2) is 15.9 Å². The molecule has 1 N–H and O–H groups in total. The Morgan fingerprint density at radius 1 is 1.27 bits per heavy atom. The molecule has 5 nitrogen and oxygen atoms in total. The van der Waals surface area contributed by atoms with Crippen molar-refractivity contribution in [3.63, 3.8) is 0 Å². The monoisotopic (exact) mass is 358 g/mol. The van der Waals surface area contributed by atoms with Crippen LogP contribution in [0.25, 0.3) is 21.1 Å². The van der Waals surface area contributed by atoms with Gasteiger partial charge in [-0.1, -0.05) is 25.1 Å². The van der Waals surface area contributed by atoms with E-state index in [1.54, 1.807) is 6.20 Å². The number of benzene rings is 1. The minimum Gasteiger partial charge on any atom is -0.320 e. The Labute approximate surface area is 153 Å². The summed E-state index contributed by atoms with van der Waals surface area (Å²) in [6, 6.07) is 15.5. The number of nitrogens with zero attached hydrogens (tertiary/aromatic N) is 3. The molecule has 0 aliphatic rings. The molecule has 3 aromatic heterocycles. The number of fused-ring (bicyclic) bond motifs is 2. The zero-order chi connectivity index (χ0) is 18.1. The summed E-state index contributed by atoms with van der Waals surface area (Å²) < 4.78 is 0. The molecule has 4 aromatic rings. The van der Waals surface area contributed by atoms with Gasteiger partial charge in [-0.2, -0.15) is 5.26 Å². The number of aryl methyl sites for hydroxylation is 1. The van der Waals surface area contributed by atoms with Gasteiger partial charge in [-0.15, -0.1) is 11.3 Å². The predicted octanol–water partition coefficient (Wildman–Crippen LogP) is 4.53. The van der Waals surface area contributed by atoms with Crippen molar-refractivity contribution in [1.29, 1.82) is 5.26 Å². The molecule has 0 atom stereocenters. The lowest BCUT2D eigenvalue weighted by molar-refractivity contribution is 0.103. The zero-order valence-corrected chi connectivity index (χ0v) is 14.8. The standard InChI is InChI=1S/C20H14N4OS/c1-2-13-7-8-15-16(10-21)18(26-20(15)24-13)19(25)23-14-9-12-5-3-4-6-17(12)22-11-14/h3-9,11H,2H2,1H3,(H,23,25). The number of hydrogen-bond acceptors (Lipinski definition) is 5. The summed E-state index contributed by atoms with van der Waals surface area (Å²) in [5.41, 5.74) is 2.76. The topological polar surface area (TPSA) is 78.7 Å². The normalized spacial score (nSPS) is 10.8. The second-order valence-corrected chi connectivity index (χ2v) is 6.80. The summed E-state index contributed by atoms with van der Waals surface area (Å²) in [5.74, 6) is -0.320. The Morgan fingerprint density at radius 3 is 2.92 bits per heavy atom. The molecule has 0 fully saturated rings. The summed E-state index contributed by atoms with van der Waals surface area (Å²) in [7, 11) is 0. The highest BCUT2D eigenvalue weighted by molar-refractivity contribution is 7.20. The fourth-order valence-electron chi connectivity index (χ4n) is 2.81. The van der Waals surface area contributed by atoms with Gasteiger partial charge in [0, 0.05) is 16.5 Å². The van der Waals surface area contributed by atoms with Crippen molar-refractivity contribution in [3.05, 3.63) is 64.8 Å². The smallest absolute Gasteiger partial charge is 0.267 e. The molecule has 0 bridgehead atoms. The second kappa shape index (κ2) is 6.54. The van der Waals surface area contributed by atoms with Crippen LogP contribution in [0.15, 0.2) is 48.7 Å². The van der Waals surface area contributed by atoms with Crippen LogP contribution in [-0.2, 0) is 6.42 Å². The third kappa shape index (κ3) is 2.79. The highest BCUT2D eigenvalue weighted by Gasteiger charge is 2.19. The van der Waals surface area contributed by atoms with E-state index in [0.29, 0.717) is 21.0 Å². The summed E-state index contributed by atoms with van der Waals surface area (Å²) in [4.78, 5) is 22.7. The van der Waals surface area contributed by atoms with Crippen molar-refractivity contribution in [2.75, 3.05) is 5.32 Å². The largest absolute Gasteiger partial charge is 0.320 e. The molecular weight excluding hydrogens is 344 g/mol. The minimum absolute atomic E-state index is 0.320. The van der Waals surface area contributed by atoms with Gasteiger partial charge in [0.15, 0.2) is 0 Å². The van der Waals surface area contributed by atoms with Crippen LogP contribution >= 0.6 is 11.3 Å². The number of amides is 1. The van der Waals surface area contributed by atoms with Gasteiger partial charge in [0.25, 0.3) is 5.91 Å². The average molecular weight is 358 g/mol. The summed E-state index contributed by atoms with van der Waals surface area (Å²) in [6.45, 7) is 2.02. The van der Waals surface area contributed by atoms with Crippen molar-refractivity contribution in [2.45, 2.75) is 13.3 Å². The lowest BCUT2D eigenvalue weighted by Gasteiger charge is -2.05. The first kappa shape index (κ1) is 16.2. The van der Waals surface area contributed by atoms with E-state index in [0.717, 1.165) is 28.4 Å². The van der Waals surface area contributed by atoms with Crippen LogP contribution in [0.3, 0.4) is 0 Å². The number of nitrogens with one attached hydrogen (secondary N) is 1. The molecule has 6 heteroatoms. The number of carbonyl (C=O) groups is 1. The maximum Gasteiger partial charge on any atom is 0.267 e. The Bertz CT molecular complexity index is 1190. The van der Waals surface area contributed by atoms with Gasteiger partial charge < -0.3 is 5.32 Å². The molecule has 0 spiro atoms. The second-order valence-electron chi connectivity index (χ2n) is 5.80. The van der Waals surface area contributed by atoms with Gasteiger partial charge in [0.05, 0.1) is 23.0 Å². The molecule has 126 valence electrons. The van der Waals surface area contributed by atoms with E-state index >= 15 is 0 Å². The fraction of sp³-hybridized carbons (Fsp3) is 0.100. The Balaban J connectivity index is 1.71. The SMILES string of the molecule is CCc1ccc2c(C#N)c(C(=O)Nc3cnc4ccccc4c3)sc2n1. The van der Waals surface area contributed by atoms with Gasteiger partial charge >= 0.3 is 0 Å². The number of anilines is 1. The van der Waals surface area contributed by atoms with E-state index in [2.05, 4.69) is 21.4 Å². The van der Waals surface area contributed by atoms with Gasteiger partial charge in [0.2, 0.25) is 0 Å². The summed E-state index contributed by atoms with van der Waals surface area (Å²) in [6.07, 6.45) is 2.42. The van der Waals surface area contributed by atoms with Crippen LogP contribution in [0, 0.1) is 11.3 Å². The quantitative estimate of drug-likeness (QED) is 0.583. The first-order chi connectivity index (χ1) is 12.7. The number of hydrogen-bond donors (Lipinski definition) is 1. The van der Waals surface area contributed by atoms with Crippen LogP contribution in [0.4, 0.5) is 5.69 Å². The van der Waals surface area contributed by atoms with Crippen molar-refractivity contribution >= 4 is 44.1 Å².